The summed E-state index contributed by atoms with van der Waals surface area (Å²) in [4.78, 5) is 13.9. The summed E-state index contributed by atoms with van der Waals surface area (Å²) in [6.07, 6.45) is 52.5. The zero-order valence-corrected chi connectivity index (χ0v) is 35.9. The van der Waals surface area contributed by atoms with Gasteiger partial charge in [-0.25, -0.2) is 0 Å². The Kier molecular flexibility index (Phi) is 36.2. The van der Waals surface area contributed by atoms with Crippen LogP contribution in [0.4, 0.5) is 0 Å². The van der Waals surface area contributed by atoms with Gasteiger partial charge in [0, 0.05) is 0 Å². The van der Waals surface area contributed by atoms with Crippen LogP contribution in [0.2, 0.25) is 0 Å². The van der Waals surface area contributed by atoms with E-state index in [0.29, 0.717) is 6.42 Å². The summed E-state index contributed by atoms with van der Waals surface area (Å²) < 4.78 is 7.25. The summed E-state index contributed by atoms with van der Waals surface area (Å²) in [6.45, 7) is 8.98. The molecule has 0 aromatic heterocycles. The van der Waals surface area contributed by atoms with Gasteiger partial charge in [-0.3, -0.25) is 0 Å². The molecule has 0 amide bonds. The van der Waals surface area contributed by atoms with Crippen molar-refractivity contribution >= 4 is 12.8 Å². The fraction of sp³-hybridized carbons (Fsp3) is 0.978. The monoisotopic (exact) mass is 711 g/mol. The summed E-state index contributed by atoms with van der Waals surface area (Å²) in [5.74, 6) is 0.189. The predicted molar refractivity (Wildman–Crippen MR) is 227 cm³/mol. The molecular weight excluding hydrogens is 615 g/mol. The number of carbonyl (C=O) groups is 1. The van der Waals surface area contributed by atoms with E-state index in [9.17, 15) is 4.79 Å². The number of rotatable bonds is 41. The van der Waals surface area contributed by atoms with E-state index in [1.165, 1.54) is 243 Å². The molecule has 0 fully saturated rings. The minimum absolute atomic E-state index is 0.189. The molecule has 0 aromatic rings. The van der Waals surface area contributed by atoms with E-state index >= 15 is 0 Å². The molecule has 0 rings (SSSR count). The molecule has 0 unspecified atom stereocenters. The minimum atomic E-state index is -2.62. The number of carbonyl (C=O) groups excluding carboxylic acids is 1. The van der Waals surface area contributed by atoms with E-state index in [1.807, 2.05) is 0 Å². The molecule has 0 saturated carbocycles. The van der Waals surface area contributed by atoms with Crippen LogP contribution in [0.25, 0.3) is 0 Å². The number of hydrogen-bond donors (Lipinski definition) is 0. The molecular formula is C46H95O2P. The van der Waals surface area contributed by atoms with Crippen molar-refractivity contribution in [3.8, 4) is 0 Å². The van der Waals surface area contributed by atoms with Gasteiger partial charge in [0.15, 0.2) is 0 Å². The Balaban J connectivity index is 5.36. The van der Waals surface area contributed by atoms with Crippen molar-refractivity contribution in [1.82, 2.24) is 0 Å². The SMILES string of the molecule is CCCCCCCCCCCCCCP(CCCCCC)(CCCCCC)(CCCCCC)OC(=O)CCCCCCCCCCCCC. The molecule has 49 heavy (non-hydrogen) atoms. The first-order valence-corrected chi connectivity index (χ1v) is 26.1. The van der Waals surface area contributed by atoms with Gasteiger partial charge in [0.05, 0.1) is 0 Å². The number of hydrogen-bond acceptors (Lipinski definition) is 2. The Hall–Kier alpha value is -0.100. The average Bonchev–Trinajstić information content (AvgIpc) is 3.10. The molecule has 0 spiro atoms. The second-order valence-corrected chi connectivity index (χ2v) is 22.3. The molecule has 0 atom stereocenters. The average molecular weight is 711 g/mol. The molecule has 0 aromatic carbocycles. The first-order chi connectivity index (χ1) is 24.0. The standard InChI is InChI=1S/C46H95O2P/c1-6-11-16-21-23-25-27-29-31-33-35-40-45-49(42-37-18-13-8-3,43-38-19-14-9-4,44-39-20-15-10-5)48-46(47)41-36-34-32-30-28-26-24-22-17-12-7-2/h6-45H2,1-5H3. The van der Waals surface area contributed by atoms with Crippen LogP contribution in [0.1, 0.15) is 266 Å². The van der Waals surface area contributed by atoms with Gasteiger partial charge in [-0.1, -0.05) is 33.1 Å². The third-order valence-corrected chi connectivity index (χ3v) is 18.2. The Bertz CT molecular complexity index is 642. The van der Waals surface area contributed by atoms with Crippen molar-refractivity contribution in [2.45, 2.75) is 266 Å². The van der Waals surface area contributed by atoms with E-state index in [0.717, 1.165) is 6.42 Å². The Labute approximate surface area is 311 Å². The van der Waals surface area contributed by atoms with Gasteiger partial charge < -0.3 is 0 Å². The quantitative estimate of drug-likeness (QED) is 0.0466. The Morgan fingerprint density at radius 2 is 0.510 bits per heavy atom. The van der Waals surface area contributed by atoms with Gasteiger partial charge in [0.2, 0.25) is 0 Å². The smallest absolute Gasteiger partial charge is 0.0654 e. The van der Waals surface area contributed by atoms with Gasteiger partial charge in [0.25, 0.3) is 0 Å². The topological polar surface area (TPSA) is 26.3 Å². The van der Waals surface area contributed by atoms with E-state index in [2.05, 4.69) is 34.6 Å². The molecule has 2 nitrogen and oxygen atoms in total. The fourth-order valence-electron chi connectivity index (χ4n) is 8.29. The minimum Gasteiger partial charge on any atom is -0.0654 e. The van der Waals surface area contributed by atoms with E-state index in [1.54, 1.807) is 0 Å². The van der Waals surface area contributed by atoms with Crippen LogP contribution in [0, 0.1) is 0 Å². The zero-order valence-electron chi connectivity index (χ0n) is 35.0. The summed E-state index contributed by atoms with van der Waals surface area (Å²) in [6, 6.07) is 0. The molecule has 0 aliphatic heterocycles. The fourth-order valence-corrected chi connectivity index (χ4v) is 14.8. The Morgan fingerprint density at radius 3 is 0.776 bits per heavy atom. The molecule has 0 aliphatic carbocycles. The van der Waals surface area contributed by atoms with Gasteiger partial charge in [-0.15, -0.1) is 0 Å². The van der Waals surface area contributed by atoms with Gasteiger partial charge >= 0.3 is 279 Å². The maximum atomic E-state index is 13.9. The molecule has 0 heterocycles. The normalized spacial score (nSPS) is 12.7. The van der Waals surface area contributed by atoms with Crippen molar-refractivity contribution in [3.05, 3.63) is 0 Å². The van der Waals surface area contributed by atoms with Crippen molar-refractivity contribution in [1.29, 1.82) is 0 Å². The predicted octanol–water partition coefficient (Wildman–Crippen LogP) is 17.1. The van der Waals surface area contributed by atoms with Crippen molar-refractivity contribution in [2.75, 3.05) is 24.6 Å². The van der Waals surface area contributed by atoms with Crippen LogP contribution >= 0.6 is 6.83 Å². The number of unbranched alkanes of at least 4 members (excludes halogenated alkanes) is 30. The van der Waals surface area contributed by atoms with E-state index in [4.69, 9.17) is 4.52 Å². The molecule has 0 N–H and O–H groups in total. The zero-order chi connectivity index (χ0) is 36.0. The second kappa shape index (κ2) is 36.3. The van der Waals surface area contributed by atoms with Crippen molar-refractivity contribution in [2.24, 2.45) is 0 Å². The summed E-state index contributed by atoms with van der Waals surface area (Å²) >= 11 is 0. The first-order valence-electron chi connectivity index (χ1n) is 23.2. The van der Waals surface area contributed by atoms with Crippen molar-refractivity contribution in [3.63, 3.8) is 0 Å². The second-order valence-electron chi connectivity index (χ2n) is 16.6. The third kappa shape index (κ3) is 29.1. The summed E-state index contributed by atoms with van der Waals surface area (Å²) in [5.41, 5.74) is 0. The molecule has 296 valence electrons. The van der Waals surface area contributed by atoms with Crippen LogP contribution in [-0.2, 0) is 9.32 Å². The molecule has 0 aliphatic rings. The third-order valence-electron chi connectivity index (χ3n) is 11.7. The van der Waals surface area contributed by atoms with Gasteiger partial charge in [-0.05, 0) is 0 Å². The van der Waals surface area contributed by atoms with Crippen LogP contribution in [0.3, 0.4) is 0 Å². The first kappa shape index (κ1) is 48.9. The molecule has 3 heteroatoms. The van der Waals surface area contributed by atoms with Crippen LogP contribution in [-0.4, -0.2) is 30.6 Å². The Morgan fingerprint density at radius 1 is 0.306 bits per heavy atom. The van der Waals surface area contributed by atoms with E-state index in [-0.39, 0.29) is 5.97 Å². The van der Waals surface area contributed by atoms with Crippen LogP contribution in [0.5, 0.6) is 0 Å². The van der Waals surface area contributed by atoms with E-state index < -0.39 is 6.83 Å². The summed E-state index contributed by atoms with van der Waals surface area (Å²) in [7, 11) is 0. The molecule has 0 bridgehead atoms. The molecule has 0 saturated heterocycles. The van der Waals surface area contributed by atoms with Crippen LogP contribution in [0.15, 0.2) is 0 Å². The van der Waals surface area contributed by atoms with Crippen molar-refractivity contribution < 1.29 is 9.32 Å². The van der Waals surface area contributed by atoms with Crippen LogP contribution < -0.4 is 0 Å². The van der Waals surface area contributed by atoms with Gasteiger partial charge in [0.1, 0.15) is 0 Å². The molecule has 0 radical (unpaired) electrons. The van der Waals surface area contributed by atoms with Gasteiger partial charge in [-0.2, -0.15) is 0 Å². The maximum absolute atomic E-state index is 13.9. The summed E-state index contributed by atoms with van der Waals surface area (Å²) in [5, 5.41) is 0.